The molecule has 0 aliphatic rings. The van der Waals surface area contributed by atoms with Gasteiger partial charge in [-0.3, -0.25) is 4.79 Å². The summed E-state index contributed by atoms with van der Waals surface area (Å²) in [5.41, 5.74) is 8.89. The lowest BCUT2D eigenvalue weighted by Gasteiger charge is -2.09. The molecule has 1 aromatic carbocycles. The SMILES string of the molecule is CCO/N=C(\N)c1cnc(SCc2ccc(C(C)C)cc2)c(C(C)=O)n1. The highest BCUT2D eigenvalue weighted by molar-refractivity contribution is 7.98. The van der Waals surface area contributed by atoms with Gasteiger partial charge in [-0.05, 0) is 24.0 Å². The molecule has 2 aromatic rings. The van der Waals surface area contributed by atoms with E-state index >= 15 is 0 Å². The number of hydrogen-bond acceptors (Lipinski definition) is 6. The monoisotopic (exact) mass is 372 g/mol. The molecule has 0 aliphatic heterocycles. The first-order chi connectivity index (χ1) is 12.4. The van der Waals surface area contributed by atoms with E-state index in [4.69, 9.17) is 10.6 Å². The van der Waals surface area contributed by atoms with E-state index in [1.165, 1.54) is 30.4 Å². The van der Waals surface area contributed by atoms with Crippen molar-refractivity contribution in [1.82, 2.24) is 9.97 Å². The third-order valence-corrected chi connectivity index (χ3v) is 4.70. The molecule has 1 heterocycles. The number of carbonyl (C=O) groups is 1. The Balaban J connectivity index is 2.17. The minimum atomic E-state index is -0.166. The van der Waals surface area contributed by atoms with Crippen molar-refractivity contribution < 1.29 is 9.63 Å². The topological polar surface area (TPSA) is 90.5 Å². The summed E-state index contributed by atoms with van der Waals surface area (Å²) in [4.78, 5) is 25.5. The standard InChI is InChI=1S/C19H24N4O2S/c1-5-25-23-18(20)16-10-21-19(17(22-16)13(4)24)26-11-14-6-8-15(9-7-14)12(2)3/h6-10,12H,5,11H2,1-4H3,(H2,20,23). The van der Waals surface area contributed by atoms with Crippen molar-refractivity contribution >= 4 is 23.4 Å². The van der Waals surface area contributed by atoms with E-state index < -0.39 is 0 Å². The largest absolute Gasteiger partial charge is 0.394 e. The highest BCUT2D eigenvalue weighted by Gasteiger charge is 2.15. The summed E-state index contributed by atoms with van der Waals surface area (Å²) >= 11 is 1.47. The molecule has 0 bridgehead atoms. The van der Waals surface area contributed by atoms with Gasteiger partial charge in [0.1, 0.15) is 23.0 Å². The molecule has 6 nitrogen and oxygen atoms in total. The zero-order chi connectivity index (χ0) is 19.1. The first-order valence-corrected chi connectivity index (χ1v) is 9.46. The molecule has 2 rings (SSSR count). The van der Waals surface area contributed by atoms with Crippen LogP contribution in [0.25, 0.3) is 0 Å². The predicted molar refractivity (Wildman–Crippen MR) is 104 cm³/mol. The third-order valence-electron chi connectivity index (χ3n) is 3.65. The zero-order valence-corrected chi connectivity index (χ0v) is 16.3. The molecule has 0 unspecified atom stereocenters. The molecular weight excluding hydrogens is 348 g/mol. The first kappa shape index (κ1) is 19.9. The second kappa shape index (κ2) is 9.33. The smallest absolute Gasteiger partial charge is 0.190 e. The van der Waals surface area contributed by atoms with E-state index in [0.29, 0.717) is 34.7 Å². The number of Topliss-reactive ketones (excluding diaryl/α,β-unsaturated/α-hetero) is 1. The van der Waals surface area contributed by atoms with E-state index in [1.807, 2.05) is 0 Å². The van der Waals surface area contributed by atoms with Crippen LogP contribution in [0.5, 0.6) is 0 Å². The summed E-state index contributed by atoms with van der Waals surface area (Å²) in [6.07, 6.45) is 1.51. The summed E-state index contributed by atoms with van der Waals surface area (Å²) < 4.78 is 0. The number of nitrogens with zero attached hydrogens (tertiary/aromatic N) is 3. The number of hydrogen-bond donors (Lipinski definition) is 1. The van der Waals surface area contributed by atoms with Crippen molar-refractivity contribution in [1.29, 1.82) is 0 Å². The van der Waals surface area contributed by atoms with Gasteiger partial charge in [-0.2, -0.15) is 0 Å². The number of ketones is 1. The Hall–Kier alpha value is -2.41. The van der Waals surface area contributed by atoms with Crippen molar-refractivity contribution in [2.45, 2.75) is 44.4 Å². The highest BCUT2D eigenvalue weighted by Crippen LogP contribution is 2.25. The zero-order valence-electron chi connectivity index (χ0n) is 15.5. The van der Waals surface area contributed by atoms with Gasteiger partial charge >= 0.3 is 0 Å². The van der Waals surface area contributed by atoms with Crippen LogP contribution in [0.2, 0.25) is 0 Å². The number of thioether (sulfide) groups is 1. The molecule has 2 N–H and O–H groups in total. The second-order valence-corrected chi connectivity index (χ2v) is 7.01. The van der Waals surface area contributed by atoms with Crippen molar-refractivity contribution in [3.8, 4) is 0 Å². The van der Waals surface area contributed by atoms with Gasteiger partial charge in [0.25, 0.3) is 0 Å². The summed E-state index contributed by atoms with van der Waals surface area (Å²) in [7, 11) is 0. The normalized spacial score (nSPS) is 11.7. The van der Waals surface area contributed by atoms with Crippen LogP contribution < -0.4 is 5.73 Å². The van der Waals surface area contributed by atoms with Crippen LogP contribution in [-0.2, 0) is 10.6 Å². The van der Waals surface area contributed by atoms with Gasteiger partial charge in [-0.1, -0.05) is 55.0 Å². The molecule has 0 spiro atoms. The Morgan fingerprint density at radius 2 is 2.00 bits per heavy atom. The number of oxime groups is 1. The van der Waals surface area contributed by atoms with E-state index in [9.17, 15) is 4.79 Å². The number of aromatic nitrogens is 2. The lowest BCUT2D eigenvalue weighted by atomic mass is 10.0. The van der Waals surface area contributed by atoms with Crippen LogP contribution >= 0.6 is 11.8 Å². The lowest BCUT2D eigenvalue weighted by molar-refractivity contribution is 0.100. The molecule has 0 saturated heterocycles. The summed E-state index contributed by atoms with van der Waals surface area (Å²) in [6, 6.07) is 8.47. The fraction of sp³-hybridized carbons (Fsp3) is 0.368. The minimum Gasteiger partial charge on any atom is -0.394 e. The van der Waals surface area contributed by atoms with Crippen LogP contribution in [0.3, 0.4) is 0 Å². The van der Waals surface area contributed by atoms with E-state index in [2.05, 4.69) is 53.2 Å². The first-order valence-electron chi connectivity index (χ1n) is 8.47. The molecule has 26 heavy (non-hydrogen) atoms. The van der Waals surface area contributed by atoms with Gasteiger partial charge in [-0.15, -0.1) is 0 Å². The number of rotatable bonds is 8. The Morgan fingerprint density at radius 3 is 2.58 bits per heavy atom. The molecule has 0 radical (unpaired) electrons. The van der Waals surface area contributed by atoms with Gasteiger partial charge in [0, 0.05) is 12.7 Å². The lowest BCUT2D eigenvalue weighted by Crippen LogP contribution is -2.18. The predicted octanol–water partition coefficient (Wildman–Crippen LogP) is 3.75. The summed E-state index contributed by atoms with van der Waals surface area (Å²) in [6.45, 7) is 8.00. The molecule has 0 amide bonds. The summed E-state index contributed by atoms with van der Waals surface area (Å²) in [5, 5.41) is 4.31. The Morgan fingerprint density at radius 1 is 1.31 bits per heavy atom. The molecule has 7 heteroatoms. The molecule has 0 aliphatic carbocycles. The van der Waals surface area contributed by atoms with Gasteiger partial charge in [0.15, 0.2) is 11.6 Å². The molecular formula is C19H24N4O2S. The summed E-state index contributed by atoms with van der Waals surface area (Å²) in [5.74, 6) is 1.14. The van der Waals surface area contributed by atoms with Crippen LogP contribution in [0, 0.1) is 0 Å². The van der Waals surface area contributed by atoms with Crippen LogP contribution in [0.4, 0.5) is 0 Å². The molecule has 0 atom stereocenters. The number of nitrogens with two attached hydrogens (primary N) is 1. The van der Waals surface area contributed by atoms with Gasteiger partial charge in [0.2, 0.25) is 0 Å². The van der Waals surface area contributed by atoms with Crippen LogP contribution in [0.15, 0.2) is 40.6 Å². The van der Waals surface area contributed by atoms with Crippen molar-refractivity contribution in [3.05, 3.63) is 53.0 Å². The van der Waals surface area contributed by atoms with Crippen LogP contribution in [-0.4, -0.2) is 28.2 Å². The van der Waals surface area contributed by atoms with Crippen molar-refractivity contribution in [2.75, 3.05) is 6.61 Å². The molecule has 1 aromatic heterocycles. The average Bonchev–Trinajstić information content (AvgIpc) is 2.64. The van der Waals surface area contributed by atoms with Gasteiger partial charge < -0.3 is 10.6 Å². The Kier molecular flexibility index (Phi) is 7.15. The maximum absolute atomic E-state index is 12.0. The second-order valence-electron chi connectivity index (χ2n) is 6.04. The maximum Gasteiger partial charge on any atom is 0.190 e. The van der Waals surface area contributed by atoms with Crippen molar-refractivity contribution in [2.24, 2.45) is 10.9 Å². The van der Waals surface area contributed by atoms with E-state index in [-0.39, 0.29) is 11.6 Å². The van der Waals surface area contributed by atoms with E-state index in [0.717, 1.165) is 5.56 Å². The quantitative estimate of drug-likeness (QED) is 0.249. The van der Waals surface area contributed by atoms with Crippen molar-refractivity contribution in [3.63, 3.8) is 0 Å². The highest BCUT2D eigenvalue weighted by atomic mass is 32.2. The molecule has 138 valence electrons. The fourth-order valence-corrected chi connectivity index (χ4v) is 3.12. The fourth-order valence-electron chi connectivity index (χ4n) is 2.17. The number of carbonyl (C=O) groups excluding carboxylic acids is 1. The van der Waals surface area contributed by atoms with Gasteiger partial charge in [-0.25, -0.2) is 9.97 Å². The maximum atomic E-state index is 12.0. The Bertz CT molecular complexity index is 789. The number of benzene rings is 1. The number of amidine groups is 1. The molecule has 0 fully saturated rings. The average molecular weight is 372 g/mol. The third kappa shape index (κ3) is 5.29. The molecule has 0 saturated carbocycles. The van der Waals surface area contributed by atoms with Crippen LogP contribution in [0.1, 0.15) is 60.9 Å². The Labute approximate surface area is 158 Å². The minimum absolute atomic E-state index is 0.0997. The van der Waals surface area contributed by atoms with Gasteiger partial charge in [0.05, 0.1) is 6.20 Å². The van der Waals surface area contributed by atoms with E-state index in [1.54, 1.807) is 6.92 Å².